The van der Waals surface area contributed by atoms with Gasteiger partial charge in [-0.2, -0.15) is 0 Å². The van der Waals surface area contributed by atoms with Gasteiger partial charge in [0.15, 0.2) is 5.82 Å². The van der Waals surface area contributed by atoms with Crippen molar-refractivity contribution in [3.8, 4) is 5.75 Å². The smallest absolute Gasteiger partial charge is 0.159 e. The number of nitrogens with zero attached hydrogens (tertiary/aromatic N) is 3. The zero-order valence-corrected chi connectivity index (χ0v) is 18.4. The van der Waals surface area contributed by atoms with E-state index >= 15 is 4.39 Å². The van der Waals surface area contributed by atoms with Crippen LogP contribution in [0.25, 0.3) is 10.9 Å². The fourth-order valence-electron chi connectivity index (χ4n) is 4.67. The third kappa shape index (κ3) is 3.97. The van der Waals surface area contributed by atoms with Gasteiger partial charge in [0.2, 0.25) is 0 Å². The van der Waals surface area contributed by atoms with E-state index in [-0.39, 0.29) is 12.4 Å². The van der Waals surface area contributed by atoms with Crippen LogP contribution in [0.4, 0.5) is 15.9 Å². The number of hydrogen-bond donors (Lipinski definition) is 2. The van der Waals surface area contributed by atoms with Crippen molar-refractivity contribution in [2.45, 2.75) is 37.5 Å². The summed E-state index contributed by atoms with van der Waals surface area (Å²) in [6.07, 6.45) is 4.10. The molecule has 7 heteroatoms. The van der Waals surface area contributed by atoms with Crippen molar-refractivity contribution in [1.82, 2.24) is 9.97 Å². The van der Waals surface area contributed by atoms with Gasteiger partial charge in [0.05, 0.1) is 30.3 Å². The molecule has 0 bridgehead atoms. The SMILES string of the molecule is COc1ccccc1C1CCN(c2nc(C3CC3)nc3ccc(NCCO)c(F)c23)CC1. The van der Waals surface area contributed by atoms with Crippen molar-refractivity contribution in [2.75, 3.05) is 43.6 Å². The van der Waals surface area contributed by atoms with Gasteiger partial charge in [0.25, 0.3) is 0 Å². The number of aliphatic hydroxyl groups is 1. The monoisotopic (exact) mass is 436 g/mol. The van der Waals surface area contributed by atoms with Crippen LogP contribution in [0.2, 0.25) is 0 Å². The minimum absolute atomic E-state index is 0.0576. The van der Waals surface area contributed by atoms with Crippen LogP contribution in [0, 0.1) is 5.82 Å². The summed E-state index contributed by atoms with van der Waals surface area (Å²) in [6, 6.07) is 11.8. The molecule has 0 spiro atoms. The molecule has 0 unspecified atom stereocenters. The van der Waals surface area contributed by atoms with Crippen LogP contribution in [0.1, 0.15) is 48.9 Å². The zero-order chi connectivity index (χ0) is 22.1. The molecule has 168 valence electrons. The number of piperidine rings is 1. The lowest BCUT2D eigenvalue weighted by molar-refractivity contribution is 0.311. The average molecular weight is 437 g/mol. The van der Waals surface area contributed by atoms with Gasteiger partial charge in [-0.05, 0) is 55.4 Å². The van der Waals surface area contributed by atoms with Crippen molar-refractivity contribution < 1.29 is 14.2 Å². The molecule has 1 aliphatic heterocycles. The highest BCUT2D eigenvalue weighted by Gasteiger charge is 2.31. The Hall–Kier alpha value is -2.93. The van der Waals surface area contributed by atoms with Gasteiger partial charge < -0.3 is 20.1 Å². The second-order valence-electron chi connectivity index (χ2n) is 8.65. The standard InChI is InChI=1S/C25H29FN4O2/c1-32-21-5-3-2-4-18(21)16-10-13-30(14-11-16)25-22-19(28-24(29-25)17-6-7-17)8-9-20(23(22)26)27-12-15-31/h2-5,8-9,16-17,27,31H,6-7,10-15H2,1H3. The van der Waals surface area contributed by atoms with Crippen LogP contribution >= 0.6 is 0 Å². The Balaban J connectivity index is 1.47. The Bertz CT molecular complexity index is 1110. The van der Waals surface area contributed by atoms with E-state index in [0.717, 1.165) is 50.3 Å². The Kier molecular flexibility index (Phi) is 5.83. The van der Waals surface area contributed by atoms with E-state index in [9.17, 15) is 0 Å². The molecule has 1 saturated heterocycles. The summed E-state index contributed by atoms with van der Waals surface area (Å²) in [7, 11) is 1.71. The van der Waals surface area contributed by atoms with E-state index in [1.54, 1.807) is 13.2 Å². The second kappa shape index (κ2) is 8.90. The highest BCUT2D eigenvalue weighted by Crippen LogP contribution is 2.42. The van der Waals surface area contributed by atoms with Gasteiger partial charge in [-0.15, -0.1) is 0 Å². The number of fused-ring (bicyclic) bond motifs is 1. The van der Waals surface area contributed by atoms with Crippen LogP contribution in [0.15, 0.2) is 36.4 Å². The molecular weight excluding hydrogens is 407 g/mol. The van der Waals surface area contributed by atoms with E-state index in [4.69, 9.17) is 14.8 Å². The summed E-state index contributed by atoms with van der Waals surface area (Å²) in [6.45, 7) is 1.83. The molecule has 0 amide bonds. The zero-order valence-electron chi connectivity index (χ0n) is 18.4. The first-order valence-corrected chi connectivity index (χ1v) is 11.4. The van der Waals surface area contributed by atoms with Crippen molar-refractivity contribution in [1.29, 1.82) is 0 Å². The molecule has 1 saturated carbocycles. The predicted molar refractivity (Wildman–Crippen MR) is 124 cm³/mol. The minimum atomic E-state index is -0.347. The maximum Gasteiger partial charge on any atom is 0.159 e. The molecule has 32 heavy (non-hydrogen) atoms. The minimum Gasteiger partial charge on any atom is -0.496 e. The summed E-state index contributed by atoms with van der Waals surface area (Å²) < 4.78 is 21.1. The van der Waals surface area contributed by atoms with Gasteiger partial charge in [0.1, 0.15) is 17.4 Å². The molecule has 2 aromatic carbocycles. The van der Waals surface area contributed by atoms with Gasteiger partial charge in [0, 0.05) is 25.6 Å². The van der Waals surface area contributed by atoms with Crippen molar-refractivity contribution in [3.05, 3.63) is 53.6 Å². The highest BCUT2D eigenvalue weighted by molar-refractivity contribution is 5.93. The van der Waals surface area contributed by atoms with Gasteiger partial charge in [-0.1, -0.05) is 18.2 Å². The number of aliphatic hydroxyl groups excluding tert-OH is 1. The van der Waals surface area contributed by atoms with Gasteiger partial charge >= 0.3 is 0 Å². The van der Waals surface area contributed by atoms with Crippen molar-refractivity contribution >= 4 is 22.4 Å². The third-order valence-electron chi connectivity index (χ3n) is 6.54. The number of anilines is 2. The van der Waals surface area contributed by atoms with Crippen molar-refractivity contribution in [3.63, 3.8) is 0 Å². The first-order chi connectivity index (χ1) is 15.7. The number of halogens is 1. The first-order valence-electron chi connectivity index (χ1n) is 11.4. The van der Waals surface area contributed by atoms with Gasteiger partial charge in [-0.25, -0.2) is 14.4 Å². The molecule has 1 aromatic heterocycles. The molecule has 6 nitrogen and oxygen atoms in total. The number of benzene rings is 2. The molecule has 2 N–H and O–H groups in total. The average Bonchev–Trinajstić information content (AvgIpc) is 3.69. The molecule has 2 fully saturated rings. The maximum atomic E-state index is 15.5. The summed E-state index contributed by atoms with van der Waals surface area (Å²) in [4.78, 5) is 11.8. The van der Waals surface area contributed by atoms with Crippen LogP contribution in [0.5, 0.6) is 5.75 Å². The predicted octanol–water partition coefficient (Wildman–Crippen LogP) is 4.44. The summed E-state index contributed by atoms with van der Waals surface area (Å²) >= 11 is 0. The number of para-hydroxylation sites is 1. The Morgan fingerprint density at radius 2 is 1.84 bits per heavy atom. The molecule has 1 aliphatic carbocycles. The van der Waals surface area contributed by atoms with E-state index in [0.29, 0.717) is 40.8 Å². The number of methoxy groups -OCH3 is 1. The highest BCUT2D eigenvalue weighted by atomic mass is 19.1. The van der Waals surface area contributed by atoms with Gasteiger partial charge in [-0.3, -0.25) is 0 Å². The summed E-state index contributed by atoms with van der Waals surface area (Å²) in [5.41, 5.74) is 2.26. The Labute approximate surface area is 187 Å². The van der Waals surface area contributed by atoms with Crippen LogP contribution in [-0.2, 0) is 0 Å². The number of aromatic nitrogens is 2. The number of rotatable bonds is 7. The largest absolute Gasteiger partial charge is 0.496 e. The topological polar surface area (TPSA) is 70.5 Å². The third-order valence-corrected chi connectivity index (χ3v) is 6.54. The Morgan fingerprint density at radius 1 is 1.06 bits per heavy atom. The summed E-state index contributed by atoms with van der Waals surface area (Å²) in [5.74, 6) is 2.90. The fourth-order valence-corrected chi connectivity index (χ4v) is 4.67. The van der Waals surface area contributed by atoms with Crippen LogP contribution in [-0.4, -0.2) is 48.4 Å². The molecule has 0 radical (unpaired) electrons. The quantitative estimate of drug-likeness (QED) is 0.571. The lowest BCUT2D eigenvalue weighted by atomic mass is 9.88. The number of nitrogens with one attached hydrogen (secondary N) is 1. The fraction of sp³-hybridized carbons (Fsp3) is 0.440. The first kappa shape index (κ1) is 20.9. The maximum absolute atomic E-state index is 15.5. The van der Waals surface area contributed by atoms with E-state index in [1.807, 2.05) is 18.2 Å². The number of ether oxygens (including phenoxy) is 1. The lowest BCUT2D eigenvalue weighted by Crippen LogP contribution is -2.34. The molecule has 3 aromatic rings. The molecule has 5 rings (SSSR count). The summed E-state index contributed by atoms with van der Waals surface area (Å²) in [5, 5.41) is 12.6. The van der Waals surface area contributed by atoms with Crippen LogP contribution < -0.4 is 15.0 Å². The van der Waals surface area contributed by atoms with Crippen molar-refractivity contribution in [2.24, 2.45) is 0 Å². The molecule has 2 aliphatic rings. The van der Waals surface area contributed by atoms with E-state index in [1.165, 1.54) is 5.56 Å². The normalized spacial score (nSPS) is 17.0. The van der Waals surface area contributed by atoms with E-state index < -0.39 is 0 Å². The molecule has 0 atom stereocenters. The lowest BCUT2D eigenvalue weighted by Gasteiger charge is -2.34. The van der Waals surface area contributed by atoms with E-state index in [2.05, 4.69) is 27.3 Å². The Morgan fingerprint density at radius 3 is 2.56 bits per heavy atom. The van der Waals surface area contributed by atoms with Crippen LogP contribution in [0.3, 0.4) is 0 Å². The molecule has 2 heterocycles. The second-order valence-corrected chi connectivity index (χ2v) is 8.65. The molecular formula is C25H29FN4O2. The number of hydrogen-bond acceptors (Lipinski definition) is 6.